The molecule has 2 heterocycles. The maximum Gasteiger partial charge on any atom is 0.446 e. The van der Waals surface area contributed by atoms with Crippen LogP contribution >= 0.6 is 11.8 Å². The van der Waals surface area contributed by atoms with Gasteiger partial charge in [0.25, 0.3) is 5.56 Å². The van der Waals surface area contributed by atoms with E-state index >= 15 is 0 Å². The number of pyridine rings is 2. The molecular weight excluding hydrogens is 265 g/mol. The van der Waals surface area contributed by atoms with Crippen molar-refractivity contribution in [1.82, 2.24) is 9.55 Å². The van der Waals surface area contributed by atoms with Gasteiger partial charge in [-0.2, -0.15) is 13.2 Å². The number of hydrogen-bond donors (Lipinski definition) is 0. The minimum atomic E-state index is -4.37. The first-order valence-electron chi connectivity index (χ1n) is 4.84. The van der Waals surface area contributed by atoms with Crippen molar-refractivity contribution in [2.24, 2.45) is 0 Å². The molecule has 7 heteroatoms. The Bertz CT molecular complexity index is 595. The van der Waals surface area contributed by atoms with Gasteiger partial charge in [-0.1, -0.05) is 0 Å². The molecule has 2 rings (SSSR count). The summed E-state index contributed by atoms with van der Waals surface area (Å²) >= 11 is -0.257. The SMILES string of the molecule is O=c1ccc(SC(F)(F)F)cn1-c1ccncc1. The van der Waals surface area contributed by atoms with Gasteiger partial charge < -0.3 is 0 Å². The third-order valence-corrected chi connectivity index (χ3v) is 2.77. The summed E-state index contributed by atoms with van der Waals surface area (Å²) in [5.74, 6) is 0. The lowest BCUT2D eigenvalue weighted by Crippen LogP contribution is -2.16. The van der Waals surface area contributed by atoms with E-state index in [1.807, 2.05) is 0 Å². The van der Waals surface area contributed by atoms with Crippen LogP contribution in [0.2, 0.25) is 0 Å². The Morgan fingerprint density at radius 3 is 2.39 bits per heavy atom. The van der Waals surface area contributed by atoms with Crippen LogP contribution in [0.15, 0.2) is 52.5 Å². The Morgan fingerprint density at radius 2 is 1.78 bits per heavy atom. The molecule has 0 bridgehead atoms. The maximum atomic E-state index is 12.2. The first-order chi connectivity index (χ1) is 8.46. The van der Waals surface area contributed by atoms with Crippen molar-refractivity contribution in [2.45, 2.75) is 10.4 Å². The quantitative estimate of drug-likeness (QED) is 0.788. The topological polar surface area (TPSA) is 34.9 Å². The smallest absolute Gasteiger partial charge is 0.283 e. The maximum absolute atomic E-state index is 12.2. The molecule has 0 atom stereocenters. The van der Waals surface area contributed by atoms with Gasteiger partial charge in [0.2, 0.25) is 0 Å². The second-order valence-electron chi connectivity index (χ2n) is 3.33. The van der Waals surface area contributed by atoms with Gasteiger partial charge in [-0.15, -0.1) is 0 Å². The van der Waals surface area contributed by atoms with Gasteiger partial charge >= 0.3 is 5.51 Å². The van der Waals surface area contributed by atoms with Crippen molar-refractivity contribution in [2.75, 3.05) is 0 Å². The molecule has 0 unspecified atom stereocenters. The largest absolute Gasteiger partial charge is 0.446 e. The number of hydrogen-bond acceptors (Lipinski definition) is 3. The van der Waals surface area contributed by atoms with Crippen molar-refractivity contribution < 1.29 is 13.2 Å². The third kappa shape index (κ3) is 3.13. The fraction of sp³-hybridized carbons (Fsp3) is 0.0909. The van der Waals surface area contributed by atoms with E-state index in [1.165, 1.54) is 12.4 Å². The van der Waals surface area contributed by atoms with E-state index < -0.39 is 11.1 Å². The predicted octanol–water partition coefficient (Wildman–Crippen LogP) is 2.84. The zero-order valence-corrected chi connectivity index (χ0v) is 9.70. The van der Waals surface area contributed by atoms with E-state index in [0.717, 1.165) is 22.9 Å². The summed E-state index contributed by atoms with van der Waals surface area (Å²) in [5, 5.41) is 0. The monoisotopic (exact) mass is 272 g/mol. The summed E-state index contributed by atoms with van der Waals surface area (Å²) in [5.41, 5.74) is -4.30. The van der Waals surface area contributed by atoms with Gasteiger partial charge in [-0.3, -0.25) is 14.3 Å². The van der Waals surface area contributed by atoms with Crippen LogP contribution in [-0.2, 0) is 0 Å². The summed E-state index contributed by atoms with van der Waals surface area (Å²) in [4.78, 5) is 15.3. The highest BCUT2D eigenvalue weighted by atomic mass is 32.2. The van der Waals surface area contributed by atoms with Crippen LogP contribution in [0.3, 0.4) is 0 Å². The van der Waals surface area contributed by atoms with Crippen LogP contribution < -0.4 is 5.56 Å². The Morgan fingerprint density at radius 1 is 1.11 bits per heavy atom. The van der Waals surface area contributed by atoms with Crippen LogP contribution in [0.1, 0.15) is 0 Å². The summed E-state index contributed by atoms with van der Waals surface area (Å²) in [6, 6.07) is 5.35. The molecule has 0 aliphatic heterocycles. The fourth-order valence-corrected chi connectivity index (χ4v) is 1.93. The van der Waals surface area contributed by atoms with Crippen LogP contribution in [0.4, 0.5) is 13.2 Å². The molecule has 18 heavy (non-hydrogen) atoms. The zero-order chi connectivity index (χ0) is 13.2. The lowest BCUT2D eigenvalue weighted by molar-refractivity contribution is -0.0328. The molecule has 0 aromatic carbocycles. The third-order valence-electron chi connectivity index (χ3n) is 2.06. The molecule has 0 aliphatic rings. The van der Waals surface area contributed by atoms with E-state index in [-0.39, 0.29) is 16.7 Å². The second kappa shape index (κ2) is 4.85. The van der Waals surface area contributed by atoms with Crippen LogP contribution in [-0.4, -0.2) is 15.1 Å². The van der Waals surface area contributed by atoms with Gasteiger partial charge in [-0.05, 0) is 30.0 Å². The van der Waals surface area contributed by atoms with Crippen molar-refractivity contribution in [3.8, 4) is 5.69 Å². The van der Waals surface area contributed by atoms with E-state index in [9.17, 15) is 18.0 Å². The summed E-state index contributed by atoms with van der Waals surface area (Å²) in [6.45, 7) is 0. The number of halogens is 3. The fourth-order valence-electron chi connectivity index (χ4n) is 1.37. The highest BCUT2D eigenvalue weighted by Crippen LogP contribution is 2.36. The lowest BCUT2D eigenvalue weighted by Gasteiger charge is -2.09. The molecule has 3 nitrogen and oxygen atoms in total. The molecule has 0 fully saturated rings. The molecule has 94 valence electrons. The molecular formula is C11H7F3N2OS. The highest BCUT2D eigenvalue weighted by Gasteiger charge is 2.29. The zero-order valence-electron chi connectivity index (χ0n) is 8.89. The van der Waals surface area contributed by atoms with E-state index in [2.05, 4.69) is 4.98 Å². The summed E-state index contributed by atoms with van der Waals surface area (Å²) in [7, 11) is 0. The first-order valence-corrected chi connectivity index (χ1v) is 5.66. The minimum Gasteiger partial charge on any atom is -0.283 e. The summed E-state index contributed by atoms with van der Waals surface area (Å²) in [6.07, 6.45) is 4.09. The standard InChI is InChI=1S/C11H7F3N2OS/c12-11(13,14)18-9-1-2-10(17)16(7-9)8-3-5-15-6-4-8/h1-7H. The molecule has 0 amide bonds. The Hall–Kier alpha value is -1.76. The molecule has 0 N–H and O–H groups in total. The molecule has 0 saturated heterocycles. The molecule has 0 aliphatic carbocycles. The van der Waals surface area contributed by atoms with Crippen LogP contribution in [0, 0.1) is 0 Å². The van der Waals surface area contributed by atoms with Crippen molar-refractivity contribution >= 4 is 11.8 Å². The minimum absolute atomic E-state index is 0.0427. The van der Waals surface area contributed by atoms with Gasteiger partial charge in [0, 0.05) is 29.6 Å². The Labute approximate surface area is 104 Å². The lowest BCUT2D eigenvalue weighted by atomic mass is 10.4. The molecule has 0 saturated carbocycles. The van der Waals surface area contributed by atoms with E-state index in [1.54, 1.807) is 12.1 Å². The molecule has 2 aromatic heterocycles. The average molecular weight is 272 g/mol. The normalized spacial score (nSPS) is 11.5. The predicted molar refractivity (Wildman–Crippen MR) is 61.7 cm³/mol. The number of alkyl halides is 3. The number of rotatable bonds is 2. The average Bonchev–Trinajstić information content (AvgIpc) is 2.31. The van der Waals surface area contributed by atoms with Crippen molar-refractivity contribution in [1.29, 1.82) is 0 Å². The highest BCUT2D eigenvalue weighted by molar-refractivity contribution is 8.00. The van der Waals surface area contributed by atoms with Crippen LogP contribution in [0.5, 0.6) is 0 Å². The van der Waals surface area contributed by atoms with Gasteiger partial charge in [0.15, 0.2) is 0 Å². The van der Waals surface area contributed by atoms with E-state index in [4.69, 9.17) is 0 Å². The Balaban J connectivity index is 2.43. The van der Waals surface area contributed by atoms with Crippen LogP contribution in [0.25, 0.3) is 5.69 Å². The Kier molecular flexibility index (Phi) is 3.42. The molecule has 2 aromatic rings. The number of aromatic nitrogens is 2. The van der Waals surface area contributed by atoms with Gasteiger partial charge in [0.05, 0.1) is 5.69 Å². The number of nitrogens with zero attached hydrogens (tertiary/aromatic N) is 2. The summed E-state index contributed by atoms with van der Waals surface area (Å²) < 4.78 is 37.9. The number of thioether (sulfide) groups is 1. The molecule has 0 spiro atoms. The van der Waals surface area contributed by atoms with Crippen molar-refractivity contribution in [3.05, 3.63) is 53.2 Å². The molecule has 0 radical (unpaired) electrons. The van der Waals surface area contributed by atoms with Crippen molar-refractivity contribution in [3.63, 3.8) is 0 Å². The van der Waals surface area contributed by atoms with Gasteiger partial charge in [0.1, 0.15) is 0 Å². The van der Waals surface area contributed by atoms with Gasteiger partial charge in [-0.25, -0.2) is 0 Å². The second-order valence-corrected chi connectivity index (χ2v) is 4.46. The van der Waals surface area contributed by atoms with E-state index in [0.29, 0.717) is 5.69 Å². The first kappa shape index (κ1) is 12.7.